The number of nitrogens with zero attached hydrogens (tertiary/aromatic N) is 3. The molecule has 0 saturated heterocycles. The maximum atomic E-state index is 11.8. The first-order valence-electron chi connectivity index (χ1n) is 8.40. The molecule has 1 aromatic heterocycles. The molecule has 0 spiro atoms. The third kappa shape index (κ3) is 12.3. The molecule has 0 bridgehead atoms. The van der Waals surface area contributed by atoms with Gasteiger partial charge in [0.15, 0.2) is 0 Å². The molecule has 1 atom stereocenters. The van der Waals surface area contributed by atoms with Crippen LogP contribution in [0.5, 0.6) is 0 Å². The number of unbranched alkanes of at least 4 members (excludes halogenated alkanes) is 1. The van der Waals surface area contributed by atoms with Gasteiger partial charge in [-0.3, -0.25) is 4.68 Å². The third-order valence-electron chi connectivity index (χ3n) is 3.26. The van der Waals surface area contributed by atoms with Crippen molar-refractivity contribution in [2.75, 3.05) is 0 Å². The maximum absolute atomic E-state index is 11.8. The number of hydrogen-bond acceptors (Lipinski definition) is 3. The number of carbonyl (C=O) groups excluding carboxylic acids is 1. The van der Waals surface area contributed by atoms with Gasteiger partial charge in [-0.05, 0) is 12.3 Å². The van der Waals surface area contributed by atoms with Crippen LogP contribution in [0, 0.1) is 37.5 Å². The van der Waals surface area contributed by atoms with Gasteiger partial charge >= 0.3 is 0 Å². The molecule has 5 heteroatoms. The van der Waals surface area contributed by atoms with Gasteiger partial charge in [-0.25, -0.2) is 0 Å². The van der Waals surface area contributed by atoms with E-state index in [0.29, 0.717) is 0 Å². The molecular formula is C19H35N3OY-2. The van der Waals surface area contributed by atoms with E-state index in [1.165, 1.54) is 0 Å². The Hall–Kier alpha value is -0.0861. The van der Waals surface area contributed by atoms with Crippen LogP contribution < -0.4 is 0 Å². The van der Waals surface area contributed by atoms with Gasteiger partial charge in [0.2, 0.25) is 0 Å². The van der Waals surface area contributed by atoms with E-state index in [-0.39, 0.29) is 55.2 Å². The molecule has 24 heavy (non-hydrogen) atoms. The van der Waals surface area contributed by atoms with Crippen LogP contribution in [-0.2, 0) is 44.0 Å². The van der Waals surface area contributed by atoms with Gasteiger partial charge in [0.1, 0.15) is 5.78 Å². The molecule has 1 unspecified atom stereocenters. The van der Waals surface area contributed by atoms with Crippen molar-refractivity contribution in [2.45, 2.75) is 74.3 Å². The van der Waals surface area contributed by atoms with Crippen LogP contribution >= 0.6 is 0 Å². The van der Waals surface area contributed by atoms with E-state index in [1.54, 1.807) is 0 Å². The first-order valence-corrected chi connectivity index (χ1v) is 8.40. The van der Waals surface area contributed by atoms with Gasteiger partial charge in [-0.2, -0.15) is 6.42 Å². The number of Topliss-reactive ketones (excluding diaryl/α,β-unsaturated/α-hetero) is 1. The Balaban J connectivity index is 0. The van der Waals surface area contributed by atoms with Gasteiger partial charge in [0.05, 0.1) is 5.69 Å². The van der Waals surface area contributed by atoms with E-state index >= 15 is 0 Å². The Morgan fingerprint density at radius 3 is 2.12 bits per heavy atom. The Labute approximate surface area is 174 Å². The predicted octanol–water partition coefficient (Wildman–Crippen LogP) is 4.69. The fourth-order valence-corrected chi connectivity index (χ4v) is 2.22. The number of carbonyl (C=O) groups is 1. The topological polar surface area (TPSA) is 47.8 Å². The van der Waals surface area contributed by atoms with Crippen molar-refractivity contribution in [1.29, 1.82) is 0 Å². The van der Waals surface area contributed by atoms with Crippen LogP contribution in [0.3, 0.4) is 0 Å². The molecule has 1 aromatic rings. The minimum absolute atomic E-state index is 0. The van der Waals surface area contributed by atoms with E-state index < -0.39 is 0 Å². The van der Waals surface area contributed by atoms with Crippen LogP contribution in [0.2, 0.25) is 0 Å². The zero-order valence-electron chi connectivity index (χ0n) is 16.7. The van der Waals surface area contributed by atoms with Crippen LogP contribution in [0.4, 0.5) is 0 Å². The number of ketones is 1. The molecule has 4 nitrogen and oxygen atoms in total. The number of aryl methyl sites for hydroxylation is 2. The van der Waals surface area contributed by atoms with Crippen molar-refractivity contribution in [1.82, 2.24) is 15.0 Å². The maximum Gasteiger partial charge on any atom is 0.111 e. The van der Waals surface area contributed by atoms with Gasteiger partial charge < -0.3 is 18.6 Å². The number of aromatic nitrogens is 3. The summed E-state index contributed by atoms with van der Waals surface area (Å²) in [5.74, 6) is 0.197. The molecule has 0 aliphatic heterocycles. The molecule has 0 amide bonds. The van der Waals surface area contributed by atoms with Gasteiger partial charge in [-0.1, -0.05) is 59.6 Å². The fourth-order valence-electron chi connectivity index (χ4n) is 2.22. The Morgan fingerprint density at radius 1 is 1.25 bits per heavy atom. The van der Waals surface area contributed by atoms with Crippen LogP contribution in [0.25, 0.3) is 0 Å². The predicted molar refractivity (Wildman–Crippen MR) is 96.7 cm³/mol. The summed E-state index contributed by atoms with van der Waals surface area (Å²) in [7, 11) is 0. The molecule has 0 aromatic carbocycles. The minimum atomic E-state index is -0.252. The van der Waals surface area contributed by atoms with E-state index in [0.717, 1.165) is 31.5 Å². The SMILES string of the molecule is [CH2-]C(CC(C)(C)C)C(=O)C(C)(C)C.[CH2-]CCCn1cc(C)nn1.[Y]. The van der Waals surface area contributed by atoms with E-state index in [2.05, 4.69) is 44.9 Å². The first-order chi connectivity index (χ1) is 10.4. The zero-order valence-corrected chi connectivity index (χ0v) is 19.6. The summed E-state index contributed by atoms with van der Waals surface area (Å²) in [5.41, 5.74) is 0.911. The van der Waals surface area contributed by atoms with Crippen molar-refractivity contribution in [2.24, 2.45) is 16.7 Å². The molecule has 0 N–H and O–H groups in total. The summed E-state index contributed by atoms with van der Waals surface area (Å²) in [6, 6.07) is 0. The molecule has 0 fully saturated rings. The summed E-state index contributed by atoms with van der Waals surface area (Å²) in [4.78, 5) is 11.8. The smallest absolute Gasteiger partial charge is 0.111 e. The van der Waals surface area contributed by atoms with Crippen molar-refractivity contribution >= 4 is 5.78 Å². The normalized spacial score (nSPS) is 12.7. The quantitative estimate of drug-likeness (QED) is 0.662. The molecule has 137 valence electrons. The molecular weight excluding hydrogens is 375 g/mol. The summed E-state index contributed by atoms with van der Waals surface area (Å²) in [6.45, 7) is 22.8. The van der Waals surface area contributed by atoms with Crippen molar-refractivity contribution in [3.8, 4) is 0 Å². The minimum Gasteiger partial charge on any atom is -0.343 e. The summed E-state index contributed by atoms with van der Waals surface area (Å²) in [5, 5.41) is 7.75. The van der Waals surface area contributed by atoms with Gasteiger partial charge in [0.25, 0.3) is 0 Å². The average molecular weight is 410 g/mol. The zero-order chi connectivity index (χ0) is 18.3. The Morgan fingerprint density at radius 2 is 1.79 bits per heavy atom. The van der Waals surface area contributed by atoms with Crippen LogP contribution in [0.1, 0.15) is 66.5 Å². The van der Waals surface area contributed by atoms with Crippen molar-refractivity contribution < 1.29 is 37.5 Å². The second-order valence-corrected chi connectivity index (χ2v) is 8.41. The molecule has 1 radical (unpaired) electrons. The van der Waals surface area contributed by atoms with Crippen LogP contribution in [0.15, 0.2) is 6.20 Å². The third-order valence-corrected chi connectivity index (χ3v) is 3.26. The molecule has 0 aliphatic carbocycles. The fraction of sp³-hybridized carbons (Fsp3) is 0.737. The molecule has 1 heterocycles. The first kappa shape index (κ1) is 26.1. The second kappa shape index (κ2) is 11.5. The van der Waals surface area contributed by atoms with E-state index in [1.807, 2.05) is 38.6 Å². The Bertz CT molecular complexity index is 470. The van der Waals surface area contributed by atoms with Gasteiger partial charge in [-0.15, -0.1) is 11.0 Å². The monoisotopic (exact) mass is 410 g/mol. The Kier molecular flexibility index (Phi) is 12.5. The van der Waals surface area contributed by atoms with Gasteiger partial charge in [0, 0.05) is 50.9 Å². The average Bonchev–Trinajstić information content (AvgIpc) is 2.79. The molecule has 1 rings (SSSR count). The van der Waals surface area contributed by atoms with E-state index in [9.17, 15) is 4.79 Å². The summed E-state index contributed by atoms with van der Waals surface area (Å²) in [6.07, 6.45) is 4.83. The largest absolute Gasteiger partial charge is 0.343 e. The number of rotatable bonds is 5. The standard InChI is InChI=1S/C12H23O.C7H12N3.Y/c1-9(8-11(2,3)4)10(13)12(5,6)7;1-3-4-5-10-6-7(2)8-9-10;/h9H,1,8H2,2-7H3;6H,1,3-5H2,2H3;/q2*-1;. The van der Waals surface area contributed by atoms with Crippen molar-refractivity contribution in [3.05, 3.63) is 25.7 Å². The molecule has 0 aliphatic rings. The summed E-state index contributed by atoms with van der Waals surface area (Å²) >= 11 is 0. The van der Waals surface area contributed by atoms with Crippen molar-refractivity contribution in [3.63, 3.8) is 0 Å². The van der Waals surface area contributed by atoms with Crippen LogP contribution in [-0.4, -0.2) is 20.8 Å². The van der Waals surface area contributed by atoms with E-state index in [4.69, 9.17) is 0 Å². The number of hydrogen-bond donors (Lipinski definition) is 0. The summed E-state index contributed by atoms with van der Waals surface area (Å²) < 4.78 is 1.85. The second-order valence-electron chi connectivity index (χ2n) is 8.41. The molecule has 0 saturated carbocycles.